The highest BCUT2D eigenvalue weighted by molar-refractivity contribution is 6.30. The summed E-state index contributed by atoms with van der Waals surface area (Å²) in [5, 5.41) is 9.49. The Bertz CT molecular complexity index is 723. The summed E-state index contributed by atoms with van der Waals surface area (Å²) in [6.07, 6.45) is 0.775. The van der Waals surface area contributed by atoms with Crippen molar-refractivity contribution in [2.45, 2.75) is 19.9 Å². The van der Waals surface area contributed by atoms with Crippen molar-refractivity contribution in [1.82, 2.24) is 10.3 Å². The van der Waals surface area contributed by atoms with Crippen LogP contribution in [0.2, 0.25) is 5.02 Å². The summed E-state index contributed by atoms with van der Waals surface area (Å²) in [6.45, 7) is 3.12. The molecule has 4 nitrogen and oxygen atoms in total. The fraction of sp³-hybridized carbons (Fsp3) is 0.222. The third-order valence-electron chi connectivity index (χ3n) is 3.78. The monoisotopic (exact) mass is 327 g/mol. The van der Waals surface area contributed by atoms with Gasteiger partial charge in [-0.05, 0) is 30.2 Å². The molecule has 0 saturated carbocycles. The maximum Gasteiger partial charge on any atom is 0.338 e. The van der Waals surface area contributed by atoms with Crippen molar-refractivity contribution in [3.8, 4) is 0 Å². The number of amides is 2. The van der Waals surface area contributed by atoms with Crippen LogP contribution in [0.4, 0.5) is 4.79 Å². The molecule has 0 bridgehead atoms. The van der Waals surface area contributed by atoms with Gasteiger partial charge in [0.1, 0.15) is 0 Å². The van der Waals surface area contributed by atoms with Crippen LogP contribution in [0.25, 0.3) is 0 Å². The van der Waals surface area contributed by atoms with Crippen LogP contribution in [-0.4, -0.2) is 23.3 Å². The van der Waals surface area contributed by atoms with Crippen LogP contribution in [0.3, 0.4) is 0 Å². The fourth-order valence-corrected chi connectivity index (χ4v) is 2.55. The first-order valence-electron chi connectivity index (χ1n) is 7.56. The second-order valence-corrected chi connectivity index (χ2v) is 6.01. The fourth-order valence-electron chi connectivity index (χ4n) is 2.42. The molecule has 5 heteroatoms. The van der Waals surface area contributed by atoms with E-state index in [1.807, 2.05) is 36.4 Å². The number of hydrogen-bond acceptors (Lipinski definition) is 2. The SMILES string of the molecule is Cc1ccc(C2=NN(C(=O)NCc3ccc(Cl)cc3)CC2)cc1. The third-order valence-corrected chi connectivity index (χ3v) is 4.03. The van der Waals surface area contributed by atoms with E-state index in [9.17, 15) is 4.79 Å². The maximum absolute atomic E-state index is 12.2. The average Bonchev–Trinajstić information content (AvgIpc) is 3.05. The molecule has 0 fully saturated rings. The Balaban J connectivity index is 1.60. The molecule has 2 aromatic carbocycles. The first-order chi connectivity index (χ1) is 11.1. The first kappa shape index (κ1) is 15.6. The second kappa shape index (κ2) is 6.84. The number of carbonyl (C=O) groups excluding carboxylic acids is 1. The van der Waals surface area contributed by atoms with E-state index >= 15 is 0 Å². The van der Waals surface area contributed by atoms with Gasteiger partial charge in [-0.3, -0.25) is 0 Å². The molecule has 1 aliphatic rings. The summed E-state index contributed by atoms with van der Waals surface area (Å²) in [5.41, 5.74) is 4.24. The van der Waals surface area contributed by atoms with Crippen LogP contribution in [0.1, 0.15) is 23.1 Å². The Kier molecular flexibility index (Phi) is 4.63. The number of benzene rings is 2. The van der Waals surface area contributed by atoms with E-state index < -0.39 is 0 Å². The number of halogens is 1. The van der Waals surface area contributed by atoms with E-state index in [-0.39, 0.29) is 6.03 Å². The number of nitrogens with one attached hydrogen (secondary N) is 1. The third kappa shape index (κ3) is 3.90. The molecule has 23 heavy (non-hydrogen) atoms. The summed E-state index contributed by atoms with van der Waals surface area (Å²) in [7, 11) is 0. The lowest BCUT2D eigenvalue weighted by Crippen LogP contribution is -2.34. The first-order valence-corrected chi connectivity index (χ1v) is 7.94. The molecule has 0 atom stereocenters. The van der Waals surface area contributed by atoms with Crippen LogP contribution in [0, 0.1) is 6.92 Å². The van der Waals surface area contributed by atoms with Crippen molar-refractivity contribution in [3.63, 3.8) is 0 Å². The number of carbonyl (C=O) groups is 1. The second-order valence-electron chi connectivity index (χ2n) is 5.57. The Labute approximate surface area is 140 Å². The topological polar surface area (TPSA) is 44.7 Å². The standard InChI is InChI=1S/C18H18ClN3O/c1-13-2-6-15(7-3-13)17-10-11-22(21-17)18(23)20-12-14-4-8-16(19)9-5-14/h2-9H,10-12H2,1H3,(H,20,23). The number of aryl methyl sites for hydroxylation is 1. The van der Waals surface area contributed by atoms with Crippen LogP contribution >= 0.6 is 11.6 Å². The van der Waals surface area contributed by atoms with Crippen molar-refractivity contribution in [2.24, 2.45) is 5.10 Å². The molecule has 0 aliphatic carbocycles. The maximum atomic E-state index is 12.2. The zero-order chi connectivity index (χ0) is 16.2. The zero-order valence-corrected chi connectivity index (χ0v) is 13.7. The van der Waals surface area contributed by atoms with Gasteiger partial charge in [0.25, 0.3) is 0 Å². The molecule has 3 rings (SSSR count). The Hall–Kier alpha value is -2.33. The van der Waals surface area contributed by atoms with Gasteiger partial charge in [-0.15, -0.1) is 0 Å². The Morgan fingerprint density at radius 1 is 1.17 bits per heavy atom. The van der Waals surface area contributed by atoms with Gasteiger partial charge in [0.05, 0.1) is 12.3 Å². The number of hydrogen-bond donors (Lipinski definition) is 1. The van der Waals surface area contributed by atoms with E-state index in [0.717, 1.165) is 23.3 Å². The van der Waals surface area contributed by atoms with Crippen molar-refractivity contribution >= 4 is 23.3 Å². The molecule has 1 aliphatic heterocycles. The molecule has 1 N–H and O–H groups in total. The van der Waals surface area contributed by atoms with Crippen LogP contribution in [0.15, 0.2) is 53.6 Å². The summed E-state index contributed by atoms with van der Waals surface area (Å²) in [4.78, 5) is 12.2. The van der Waals surface area contributed by atoms with E-state index in [4.69, 9.17) is 11.6 Å². The van der Waals surface area contributed by atoms with Crippen LogP contribution in [0.5, 0.6) is 0 Å². The molecular formula is C18H18ClN3O. The minimum atomic E-state index is -0.179. The summed E-state index contributed by atoms with van der Waals surface area (Å²) in [6, 6.07) is 15.4. The lowest BCUT2D eigenvalue weighted by Gasteiger charge is -2.12. The highest BCUT2D eigenvalue weighted by Crippen LogP contribution is 2.15. The quantitative estimate of drug-likeness (QED) is 0.911. The van der Waals surface area contributed by atoms with Gasteiger partial charge in [-0.25, -0.2) is 9.80 Å². The minimum absolute atomic E-state index is 0.179. The van der Waals surface area contributed by atoms with Gasteiger partial charge in [0.15, 0.2) is 0 Å². The van der Waals surface area contributed by atoms with Gasteiger partial charge < -0.3 is 5.32 Å². The molecule has 0 aromatic heterocycles. The van der Waals surface area contributed by atoms with Gasteiger partial charge in [-0.2, -0.15) is 5.10 Å². The van der Waals surface area contributed by atoms with E-state index in [1.165, 1.54) is 10.6 Å². The predicted molar refractivity (Wildman–Crippen MR) is 92.7 cm³/mol. The van der Waals surface area contributed by atoms with E-state index in [2.05, 4.69) is 29.5 Å². The predicted octanol–water partition coefficient (Wildman–Crippen LogP) is 3.97. The normalized spacial score (nSPS) is 13.8. The molecule has 1 heterocycles. The minimum Gasteiger partial charge on any atom is -0.332 e. The van der Waals surface area contributed by atoms with Crippen molar-refractivity contribution in [3.05, 3.63) is 70.2 Å². The molecule has 0 saturated heterocycles. The smallest absolute Gasteiger partial charge is 0.332 e. The lowest BCUT2D eigenvalue weighted by atomic mass is 10.1. The summed E-state index contributed by atoms with van der Waals surface area (Å²) < 4.78 is 0. The van der Waals surface area contributed by atoms with Crippen molar-refractivity contribution in [1.29, 1.82) is 0 Å². The van der Waals surface area contributed by atoms with Gasteiger partial charge in [0, 0.05) is 18.0 Å². The van der Waals surface area contributed by atoms with Crippen LogP contribution < -0.4 is 5.32 Å². The summed E-state index contributed by atoms with van der Waals surface area (Å²) in [5.74, 6) is 0. The highest BCUT2D eigenvalue weighted by Gasteiger charge is 2.21. The average molecular weight is 328 g/mol. The highest BCUT2D eigenvalue weighted by atomic mass is 35.5. The van der Waals surface area contributed by atoms with Gasteiger partial charge in [0.2, 0.25) is 0 Å². The number of nitrogens with zero attached hydrogens (tertiary/aromatic N) is 2. The van der Waals surface area contributed by atoms with E-state index in [1.54, 1.807) is 0 Å². The van der Waals surface area contributed by atoms with E-state index in [0.29, 0.717) is 18.1 Å². The van der Waals surface area contributed by atoms with Crippen LogP contribution in [-0.2, 0) is 6.54 Å². The Morgan fingerprint density at radius 2 is 1.87 bits per heavy atom. The van der Waals surface area contributed by atoms with Crippen molar-refractivity contribution in [2.75, 3.05) is 6.54 Å². The lowest BCUT2D eigenvalue weighted by molar-refractivity contribution is 0.205. The molecule has 0 unspecified atom stereocenters. The molecular weight excluding hydrogens is 310 g/mol. The molecule has 0 spiro atoms. The number of urea groups is 1. The largest absolute Gasteiger partial charge is 0.338 e. The molecule has 0 radical (unpaired) electrons. The van der Waals surface area contributed by atoms with Crippen molar-refractivity contribution < 1.29 is 4.79 Å². The molecule has 2 aromatic rings. The molecule has 2 amide bonds. The Morgan fingerprint density at radius 3 is 2.57 bits per heavy atom. The zero-order valence-electron chi connectivity index (χ0n) is 12.9. The number of rotatable bonds is 3. The van der Waals surface area contributed by atoms with Gasteiger partial charge >= 0.3 is 6.03 Å². The number of hydrazone groups is 1. The van der Waals surface area contributed by atoms with Gasteiger partial charge in [-0.1, -0.05) is 53.6 Å². The molecule has 118 valence electrons. The summed E-state index contributed by atoms with van der Waals surface area (Å²) >= 11 is 5.85.